The van der Waals surface area contributed by atoms with Gasteiger partial charge in [-0.05, 0) is 17.8 Å². The van der Waals surface area contributed by atoms with Crippen LogP contribution in [0.4, 0.5) is 0 Å². The zero-order valence-electron chi connectivity index (χ0n) is 11.1. The maximum atomic E-state index is 11.7. The van der Waals surface area contributed by atoms with E-state index in [0.29, 0.717) is 13.0 Å². The molecule has 0 saturated carbocycles. The molecule has 0 bridgehead atoms. The van der Waals surface area contributed by atoms with Gasteiger partial charge >= 0.3 is 5.97 Å². The minimum atomic E-state index is -0.811. The number of carboxylic acid groups (broad SMARTS) is 1. The van der Waals surface area contributed by atoms with Crippen molar-refractivity contribution in [3.63, 3.8) is 0 Å². The summed E-state index contributed by atoms with van der Waals surface area (Å²) in [5.74, 6) is -0.850. The highest BCUT2D eigenvalue weighted by atomic mass is 16.4. The van der Waals surface area contributed by atoms with Crippen LogP contribution in [-0.2, 0) is 9.59 Å². The Bertz CT molecular complexity index is 271. The predicted molar refractivity (Wildman–Crippen MR) is 66.5 cm³/mol. The zero-order chi connectivity index (χ0) is 13.6. The second-order valence-electron chi connectivity index (χ2n) is 5.63. The molecule has 0 radical (unpaired) electrons. The molecule has 5 heteroatoms. The third-order valence-electron chi connectivity index (χ3n) is 2.69. The van der Waals surface area contributed by atoms with Crippen molar-refractivity contribution in [3.8, 4) is 0 Å². The number of hydrogen-bond acceptors (Lipinski definition) is 3. The number of nitrogens with one attached hydrogen (secondary N) is 1. The molecule has 4 N–H and O–H groups in total. The van der Waals surface area contributed by atoms with Gasteiger partial charge in [0.05, 0.1) is 6.04 Å². The molecule has 2 atom stereocenters. The van der Waals surface area contributed by atoms with Crippen molar-refractivity contribution in [3.05, 3.63) is 0 Å². The van der Waals surface area contributed by atoms with Crippen LogP contribution in [0, 0.1) is 11.3 Å². The number of carbonyl (C=O) groups excluding carboxylic acids is 1. The van der Waals surface area contributed by atoms with Crippen LogP contribution in [0.3, 0.4) is 0 Å². The smallest absolute Gasteiger partial charge is 0.303 e. The quantitative estimate of drug-likeness (QED) is 0.649. The molecular formula is C12H24N2O3. The average molecular weight is 244 g/mol. The van der Waals surface area contributed by atoms with E-state index < -0.39 is 12.0 Å². The Morgan fingerprint density at radius 1 is 1.35 bits per heavy atom. The van der Waals surface area contributed by atoms with Gasteiger partial charge in [0.2, 0.25) is 5.91 Å². The van der Waals surface area contributed by atoms with Gasteiger partial charge < -0.3 is 16.2 Å². The van der Waals surface area contributed by atoms with E-state index >= 15 is 0 Å². The molecule has 0 aliphatic carbocycles. The van der Waals surface area contributed by atoms with Crippen molar-refractivity contribution < 1.29 is 14.7 Å². The van der Waals surface area contributed by atoms with Crippen LogP contribution in [0.1, 0.15) is 40.5 Å². The molecule has 0 aliphatic heterocycles. The average Bonchev–Trinajstić information content (AvgIpc) is 2.20. The van der Waals surface area contributed by atoms with Crippen LogP contribution < -0.4 is 11.1 Å². The van der Waals surface area contributed by atoms with Gasteiger partial charge in [0.15, 0.2) is 0 Å². The fourth-order valence-electron chi connectivity index (χ4n) is 1.25. The number of hydrogen-bond donors (Lipinski definition) is 3. The Hall–Kier alpha value is -1.10. The normalized spacial score (nSPS) is 15.1. The van der Waals surface area contributed by atoms with Gasteiger partial charge in [-0.1, -0.05) is 27.7 Å². The SMILES string of the molecule is CC(CCC(=O)O)CNC(=O)[C@@H](N)C(C)(C)C. The summed E-state index contributed by atoms with van der Waals surface area (Å²) in [5.41, 5.74) is 5.53. The summed E-state index contributed by atoms with van der Waals surface area (Å²) in [6, 6.07) is -0.547. The summed E-state index contributed by atoms with van der Waals surface area (Å²) in [5, 5.41) is 11.3. The lowest BCUT2D eigenvalue weighted by atomic mass is 9.87. The van der Waals surface area contributed by atoms with Gasteiger partial charge in [-0.25, -0.2) is 0 Å². The maximum Gasteiger partial charge on any atom is 0.303 e. The van der Waals surface area contributed by atoms with Crippen LogP contribution in [-0.4, -0.2) is 29.6 Å². The van der Waals surface area contributed by atoms with Crippen LogP contribution >= 0.6 is 0 Å². The summed E-state index contributed by atoms with van der Waals surface area (Å²) in [6.07, 6.45) is 0.683. The molecule has 0 fully saturated rings. The number of carbonyl (C=O) groups is 2. The van der Waals surface area contributed by atoms with Crippen LogP contribution in [0.15, 0.2) is 0 Å². The molecule has 0 rings (SSSR count). The van der Waals surface area contributed by atoms with Crippen LogP contribution in [0.2, 0.25) is 0 Å². The molecule has 5 nitrogen and oxygen atoms in total. The highest BCUT2D eigenvalue weighted by Gasteiger charge is 2.27. The minimum absolute atomic E-state index is 0.127. The second-order valence-corrected chi connectivity index (χ2v) is 5.63. The van der Waals surface area contributed by atoms with Crippen LogP contribution in [0.25, 0.3) is 0 Å². The fraction of sp³-hybridized carbons (Fsp3) is 0.833. The second kappa shape index (κ2) is 6.59. The molecule has 1 amide bonds. The number of amides is 1. The first-order valence-electron chi connectivity index (χ1n) is 5.89. The van der Waals surface area contributed by atoms with Crippen molar-refractivity contribution in [2.45, 2.75) is 46.6 Å². The largest absolute Gasteiger partial charge is 0.481 e. The molecule has 17 heavy (non-hydrogen) atoms. The monoisotopic (exact) mass is 244 g/mol. The summed E-state index contributed by atoms with van der Waals surface area (Å²) < 4.78 is 0. The topological polar surface area (TPSA) is 92.4 Å². The zero-order valence-corrected chi connectivity index (χ0v) is 11.1. The molecule has 0 aromatic heterocycles. The van der Waals surface area contributed by atoms with Crippen molar-refractivity contribution in [2.24, 2.45) is 17.1 Å². The van der Waals surface area contributed by atoms with E-state index in [1.54, 1.807) is 0 Å². The lowest BCUT2D eigenvalue weighted by molar-refractivity contribution is -0.137. The van der Waals surface area contributed by atoms with E-state index in [1.807, 2.05) is 27.7 Å². The number of aliphatic carboxylic acids is 1. The van der Waals surface area contributed by atoms with E-state index in [4.69, 9.17) is 10.8 Å². The summed E-state index contributed by atoms with van der Waals surface area (Å²) >= 11 is 0. The van der Waals surface area contributed by atoms with Gasteiger partial charge in [0.25, 0.3) is 0 Å². The first-order valence-corrected chi connectivity index (χ1v) is 5.89. The lowest BCUT2D eigenvalue weighted by Crippen LogP contribution is -2.49. The van der Waals surface area contributed by atoms with Gasteiger partial charge in [-0.3, -0.25) is 9.59 Å². The predicted octanol–water partition coefficient (Wildman–Crippen LogP) is 0.977. The lowest BCUT2D eigenvalue weighted by Gasteiger charge is -2.26. The van der Waals surface area contributed by atoms with Crippen LogP contribution in [0.5, 0.6) is 0 Å². The third kappa shape index (κ3) is 6.94. The molecular weight excluding hydrogens is 220 g/mol. The molecule has 0 aliphatic rings. The summed E-state index contributed by atoms with van der Waals surface area (Å²) in [7, 11) is 0. The van der Waals surface area contributed by atoms with Crippen molar-refractivity contribution in [1.82, 2.24) is 5.32 Å². The Labute approximate surface area is 103 Å². The van der Waals surface area contributed by atoms with E-state index in [1.165, 1.54) is 0 Å². The Morgan fingerprint density at radius 3 is 2.29 bits per heavy atom. The molecule has 0 heterocycles. The summed E-state index contributed by atoms with van der Waals surface area (Å²) in [6.45, 7) is 8.10. The summed E-state index contributed by atoms with van der Waals surface area (Å²) in [4.78, 5) is 22.1. The number of rotatable bonds is 6. The Balaban J connectivity index is 3.95. The highest BCUT2D eigenvalue weighted by molar-refractivity contribution is 5.82. The van der Waals surface area contributed by atoms with Gasteiger partial charge in [-0.2, -0.15) is 0 Å². The van der Waals surface area contributed by atoms with Crippen molar-refractivity contribution >= 4 is 11.9 Å². The van der Waals surface area contributed by atoms with E-state index in [0.717, 1.165) is 0 Å². The van der Waals surface area contributed by atoms with Gasteiger partial charge in [0.1, 0.15) is 0 Å². The van der Waals surface area contributed by atoms with E-state index in [-0.39, 0.29) is 23.7 Å². The standard InChI is InChI=1S/C12H24N2O3/c1-8(5-6-9(15)16)7-14-11(17)10(13)12(2,3)4/h8,10H,5-7,13H2,1-4H3,(H,14,17)(H,15,16)/t8?,10-/m1/s1. The molecule has 0 spiro atoms. The van der Waals surface area contributed by atoms with Gasteiger partial charge in [0, 0.05) is 13.0 Å². The van der Waals surface area contributed by atoms with Crippen molar-refractivity contribution in [1.29, 1.82) is 0 Å². The molecule has 0 aromatic rings. The number of carboxylic acids is 1. The number of nitrogens with two attached hydrogens (primary N) is 1. The van der Waals surface area contributed by atoms with E-state index in [2.05, 4.69) is 5.32 Å². The molecule has 0 saturated heterocycles. The molecule has 1 unspecified atom stereocenters. The third-order valence-corrected chi connectivity index (χ3v) is 2.69. The van der Waals surface area contributed by atoms with Crippen molar-refractivity contribution in [2.75, 3.05) is 6.54 Å². The first kappa shape index (κ1) is 15.9. The highest BCUT2D eigenvalue weighted by Crippen LogP contribution is 2.17. The minimum Gasteiger partial charge on any atom is -0.481 e. The van der Waals surface area contributed by atoms with Gasteiger partial charge in [-0.15, -0.1) is 0 Å². The Kier molecular flexibility index (Phi) is 6.16. The Morgan fingerprint density at radius 2 is 1.88 bits per heavy atom. The first-order chi connectivity index (χ1) is 7.64. The molecule has 0 aromatic carbocycles. The van der Waals surface area contributed by atoms with E-state index in [9.17, 15) is 9.59 Å². The fourth-order valence-corrected chi connectivity index (χ4v) is 1.25. The maximum absolute atomic E-state index is 11.7. The molecule has 100 valence electrons.